The molecule has 17 heavy (non-hydrogen) atoms. The van der Waals surface area contributed by atoms with E-state index in [9.17, 15) is 0 Å². The highest BCUT2D eigenvalue weighted by Crippen LogP contribution is 2.26. The average molecular weight is 224 g/mol. The molecule has 0 unspecified atom stereocenters. The summed E-state index contributed by atoms with van der Waals surface area (Å²) < 4.78 is 0. The summed E-state index contributed by atoms with van der Waals surface area (Å²) in [6.07, 6.45) is 0. The monoisotopic (exact) mass is 224 g/mol. The summed E-state index contributed by atoms with van der Waals surface area (Å²) in [5.74, 6) is 5.49. The lowest BCUT2D eigenvalue weighted by atomic mass is 10.1. The smallest absolute Gasteiger partial charge is 0.0731 e. The van der Waals surface area contributed by atoms with E-state index in [2.05, 4.69) is 16.5 Å². The van der Waals surface area contributed by atoms with Crippen molar-refractivity contribution in [3.8, 4) is 0 Å². The van der Waals surface area contributed by atoms with Crippen molar-refractivity contribution in [2.24, 2.45) is 5.84 Å². The molecule has 2 aromatic carbocycles. The maximum Gasteiger partial charge on any atom is 0.0731 e. The number of pyridine rings is 1. The minimum Gasteiger partial charge on any atom is -0.399 e. The minimum absolute atomic E-state index is 0.720. The molecule has 0 saturated carbocycles. The van der Waals surface area contributed by atoms with E-state index in [1.165, 1.54) is 0 Å². The maximum atomic E-state index is 5.75. The van der Waals surface area contributed by atoms with E-state index >= 15 is 0 Å². The minimum atomic E-state index is 0.720. The first kappa shape index (κ1) is 9.86. The van der Waals surface area contributed by atoms with Crippen LogP contribution < -0.4 is 17.0 Å². The predicted molar refractivity (Wildman–Crippen MR) is 71.5 cm³/mol. The normalized spacial score (nSPS) is 10.9. The van der Waals surface area contributed by atoms with Gasteiger partial charge >= 0.3 is 0 Å². The fraction of sp³-hybridized carbons (Fsp3) is 0. The molecule has 4 heteroatoms. The number of nitrogens with two attached hydrogens (primary N) is 2. The fourth-order valence-electron chi connectivity index (χ4n) is 1.99. The number of aromatic nitrogens is 1. The Morgan fingerprint density at radius 3 is 2.71 bits per heavy atom. The number of rotatable bonds is 1. The Balaban J connectivity index is 2.43. The third-order valence-electron chi connectivity index (χ3n) is 2.83. The summed E-state index contributed by atoms with van der Waals surface area (Å²) in [5, 5.41) is 2.06. The van der Waals surface area contributed by atoms with Crippen molar-refractivity contribution in [1.82, 2.24) is 4.98 Å². The van der Waals surface area contributed by atoms with Gasteiger partial charge in [-0.1, -0.05) is 12.1 Å². The van der Waals surface area contributed by atoms with Gasteiger partial charge in [0, 0.05) is 16.5 Å². The van der Waals surface area contributed by atoms with Crippen LogP contribution in [0, 0.1) is 0 Å². The molecule has 0 saturated heterocycles. The molecule has 84 valence electrons. The first-order valence-electron chi connectivity index (χ1n) is 5.33. The van der Waals surface area contributed by atoms with Crippen LogP contribution in [0.25, 0.3) is 21.8 Å². The van der Waals surface area contributed by atoms with Gasteiger partial charge in [-0.25, -0.2) is 4.98 Å². The van der Waals surface area contributed by atoms with Gasteiger partial charge in [0.15, 0.2) is 0 Å². The summed E-state index contributed by atoms with van der Waals surface area (Å²) in [5.41, 5.74) is 11.8. The van der Waals surface area contributed by atoms with E-state index in [4.69, 9.17) is 11.6 Å². The molecule has 0 aliphatic heterocycles. The van der Waals surface area contributed by atoms with Crippen molar-refractivity contribution >= 4 is 33.2 Å². The number of hydrogen-bond donors (Lipinski definition) is 3. The summed E-state index contributed by atoms with van der Waals surface area (Å²) in [6, 6.07) is 13.6. The largest absolute Gasteiger partial charge is 0.399 e. The second kappa shape index (κ2) is 3.61. The van der Waals surface area contributed by atoms with Crippen molar-refractivity contribution in [3.63, 3.8) is 0 Å². The van der Waals surface area contributed by atoms with Crippen molar-refractivity contribution in [1.29, 1.82) is 0 Å². The van der Waals surface area contributed by atoms with E-state index in [1.807, 2.05) is 36.4 Å². The number of anilines is 2. The van der Waals surface area contributed by atoms with Crippen molar-refractivity contribution in [3.05, 3.63) is 42.5 Å². The van der Waals surface area contributed by atoms with E-state index in [-0.39, 0.29) is 0 Å². The topological polar surface area (TPSA) is 77.0 Å². The van der Waals surface area contributed by atoms with Crippen LogP contribution in [-0.4, -0.2) is 4.98 Å². The summed E-state index contributed by atoms with van der Waals surface area (Å²) in [6.45, 7) is 0. The molecule has 0 radical (unpaired) electrons. The van der Waals surface area contributed by atoms with Crippen LogP contribution in [0.1, 0.15) is 0 Å². The quantitative estimate of drug-likeness (QED) is 0.256. The standard InChI is InChI=1S/C13H12N4/c14-9-5-4-8-6-10-11(16-13(8)7-9)2-1-3-12(10)17-15/h1-7,17H,14-15H2. The van der Waals surface area contributed by atoms with Crippen molar-refractivity contribution in [2.75, 3.05) is 11.2 Å². The average Bonchev–Trinajstić information content (AvgIpc) is 2.35. The molecule has 0 bridgehead atoms. The van der Waals surface area contributed by atoms with Gasteiger partial charge in [0.2, 0.25) is 0 Å². The fourth-order valence-corrected chi connectivity index (χ4v) is 1.99. The molecule has 4 nitrogen and oxygen atoms in total. The van der Waals surface area contributed by atoms with Crippen LogP contribution in [0.15, 0.2) is 42.5 Å². The predicted octanol–water partition coefficient (Wildman–Crippen LogP) is 2.26. The lowest BCUT2D eigenvalue weighted by Gasteiger charge is -2.07. The second-order valence-corrected chi connectivity index (χ2v) is 3.96. The molecule has 0 aliphatic rings. The Morgan fingerprint density at radius 1 is 1.00 bits per heavy atom. The Morgan fingerprint density at radius 2 is 1.88 bits per heavy atom. The molecule has 0 spiro atoms. The Bertz CT molecular complexity index is 706. The molecule has 0 amide bonds. The van der Waals surface area contributed by atoms with Crippen LogP contribution in [-0.2, 0) is 0 Å². The zero-order valence-electron chi connectivity index (χ0n) is 9.14. The number of fused-ring (bicyclic) bond motifs is 2. The number of hydrazine groups is 1. The van der Waals surface area contributed by atoms with Crippen LogP contribution in [0.2, 0.25) is 0 Å². The number of benzene rings is 2. The summed E-state index contributed by atoms with van der Waals surface area (Å²) in [7, 11) is 0. The summed E-state index contributed by atoms with van der Waals surface area (Å²) in [4.78, 5) is 4.57. The molecule has 0 atom stereocenters. The molecule has 1 heterocycles. The highest BCUT2D eigenvalue weighted by molar-refractivity contribution is 5.99. The first-order chi connectivity index (χ1) is 8.28. The van der Waals surface area contributed by atoms with Gasteiger partial charge in [-0.05, 0) is 30.3 Å². The maximum absolute atomic E-state index is 5.75. The van der Waals surface area contributed by atoms with Gasteiger partial charge < -0.3 is 11.2 Å². The summed E-state index contributed by atoms with van der Waals surface area (Å²) >= 11 is 0. The van der Waals surface area contributed by atoms with Gasteiger partial charge in [-0.2, -0.15) is 0 Å². The third-order valence-corrected chi connectivity index (χ3v) is 2.83. The lowest BCUT2D eigenvalue weighted by molar-refractivity contribution is 1.36. The van der Waals surface area contributed by atoms with Gasteiger partial charge in [0.1, 0.15) is 0 Å². The number of nitrogens with zero attached hydrogens (tertiary/aromatic N) is 1. The van der Waals surface area contributed by atoms with Crippen LogP contribution >= 0.6 is 0 Å². The molecule has 0 fully saturated rings. The molecule has 3 rings (SSSR count). The van der Waals surface area contributed by atoms with E-state index < -0.39 is 0 Å². The van der Waals surface area contributed by atoms with E-state index in [1.54, 1.807) is 0 Å². The highest BCUT2D eigenvalue weighted by Gasteiger charge is 2.03. The lowest BCUT2D eigenvalue weighted by Crippen LogP contribution is -2.07. The van der Waals surface area contributed by atoms with Crippen molar-refractivity contribution < 1.29 is 0 Å². The molecular weight excluding hydrogens is 212 g/mol. The zero-order valence-corrected chi connectivity index (χ0v) is 9.14. The van der Waals surface area contributed by atoms with E-state index in [0.717, 1.165) is 33.2 Å². The molecule has 5 N–H and O–H groups in total. The van der Waals surface area contributed by atoms with Gasteiger partial charge in [0.05, 0.1) is 16.7 Å². The number of nitrogen functional groups attached to an aromatic ring is 2. The van der Waals surface area contributed by atoms with Gasteiger partial charge in [-0.15, -0.1) is 0 Å². The third kappa shape index (κ3) is 1.55. The zero-order chi connectivity index (χ0) is 11.8. The second-order valence-electron chi connectivity index (χ2n) is 3.96. The molecule has 1 aromatic heterocycles. The Hall–Kier alpha value is -2.33. The number of nitrogens with one attached hydrogen (secondary N) is 1. The van der Waals surface area contributed by atoms with Gasteiger partial charge in [-0.3, -0.25) is 5.84 Å². The molecule has 0 aliphatic carbocycles. The van der Waals surface area contributed by atoms with Gasteiger partial charge in [0.25, 0.3) is 0 Å². The first-order valence-corrected chi connectivity index (χ1v) is 5.33. The van der Waals surface area contributed by atoms with E-state index in [0.29, 0.717) is 0 Å². The van der Waals surface area contributed by atoms with Crippen molar-refractivity contribution in [2.45, 2.75) is 0 Å². The molecule has 3 aromatic rings. The van der Waals surface area contributed by atoms with Crippen LogP contribution in [0.5, 0.6) is 0 Å². The van der Waals surface area contributed by atoms with Crippen LogP contribution in [0.3, 0.4) is 0 Å². The Labute approximate surface area is 98.2 Å². The Kier molecular flexibility index (Phi) is 2.09. The highest BCUT2D eigenvalue weighted by atomic mass is 15.2. The molecular formula is C13H12N4. The van der Waals surface area contributed by atoms with Crippen LogP contribution in [0.4, 0.5) is 11.4 Å². The number of hydrogen-bond acceptors (Lipinski definition) is 4. The SMILES string of the molecule is NNc1cccc2nc3cc(N)ccc3cc12.